The van der Waals surface area contributed by atoms with Crippen molar-refractivity contribution in [3.63, 3.8) is 0 Å². The van der Waals surface area contributed by atoms with E-state index in [2.05, 4.69) is 15.3 Å². The van der Waals surface area contributed by atoms with Crippen molar-refractivity contribution in [1.29, 1.82) is 0 Å². The summed E-state index contributed by atoms with van der Waals surface area (Å²) < 4.78 is 0. The van der Waals surface area contributed by atoms with Crippen molar-refractivity contribution in [3.05, 3.63) is 0 Å². The predicted molar refractivity (Wildman–Crippen MR) is 46.4 cm³/mol. The van der Waals surface area contributed by atoms with E-state index in [0.29, 0.717) is 0 Å². The first-order valence-corrected chi connectivity index (χ1v) is 3.65. The summed E-state index contributed by atoms with van der Waals surface area (Å²) in [5.74, 6) is 0. The van der Waals surface area contributed by atoms with Crippen LogP contribution in [0.1, 0.15) is 0 Å². The van der Waals surface area contributed by atoms with Gasteiger partial charge >= 0.3 is 0 Å². The third-order valence-electron chi connectivity index (χ3n) is 0.601. The Kier molecular flexibility index (Phi) is 5.78. The van der Waals surface area contributed by atoms with Crippen molar-refractivity contribution in [2.24, 2.45) is 9.98 Å². The molecule has 0 aromatic rings. The van der Waals surface area contributed by atoms with Gasteiger partial charge in [-0.15, -0.1) is 11.6 Å². The molecule has 0 spiro atoms. The van der Waals surface area contributed by atoms with Gasteiger partial charge in [0.25, 0.3) is 0 Å². The van der Waals surface area contributed by atoms with Crippen LogP contribution < -0.4 is 5.32 Å². The van der Waals surface area contributed by atoms with Crippen LogP contribution in [0.25, 0.3) is 0 Å². The van der Waals surface area contributed by atoms with Crippen LogP contribution in [0.5, 0.6) is 0 Å². The molecule has 0 saturated carbocycles. The van der Waals surface area contributed by atoms with Gasteiger partial charge in [0.2, 0.25) is 0 Å². The first-order valence-electron chi connectivity index (χ1n) is 2.36. The van der Waals surface area contributed by atoms with Gasteiger partial charge in [0.1, 0.15) is 6.00 Å². The summed E-state index contributed by atoms with van der Waals surface area (Å²) in [5.41, 5.74) is 0. The lowest BCUT2D eigenvalue weighted by Crippen LogP contribution is -2.22. The van der Waals surface area contributed by atoms with Crippen LogP contribution in [0.2, 0.25) is 0 Å². The normalized spacial score (nSPS) is 13.6. The number of alkyl halides is 1. The molecule has 10 heavy (non-hydrogen) atoms. The van der Waals surface area contributed by atoms with Crippen LogP contribution in [0.4, 0.5) is 0 Å². The van der Waals surface area contributed by atoms with E-state index in [4.69, 9.17) is 34.8 Å². The Hall–Kier alpha value is 0.01000. The number of rotatable bonds is 1. The zero-order chi connectivity index (χ0) is 7.98. The molecule has 0 fully saturated rings. The number of aliphatic imine (C=N–C) groups is 2. The quantitative estimate of drug-likeness (QED) is 0.298. The van der Waals surface area contributed by atoms with E-state index in [9.17, 15) is 0 Å². The Morgan fingerprint density at radius 3 is 2.40 bits per heavy atom. The third-order valence-corrected chi connectivity index (χ3v) is 1.20. The molecular weight excluding hydrogens is 196 g/mol. The zero-order valence-electron chi connectivity index (χ0n) is 5.24. The second-order valence-electron chi connectivity index (χ2n) is 1.21. The maximum absolute atomic E-state index is 5.44. The van der Waals surface area contributed by atoms with Crippen LogP contribution in [0.3, 0.4) is 0 Å². The van der Waals surface area contributed by atoms with E-state index in [1.807, 2.05) is 0 Å². The van der Waals surface area contributed by atoms with Crippen molar-refractivity contribution in [1.82, 2.24) is 5.32 Å². The van der Waals surface area contributed by atoms with Crippen molar-refractivity contribution in [3.8, 4) is 0 Å². The number of hydrogen-bond acceptors (Lipinski definition) is 2. The van der Waals surface area contributed by atoms with E-state index >= 15 is 0 Å². The van der Waals surface area contributed by atoms with Crippen LogP contribution in [-0.4, -0.2) is 23.6 Å². The topological polar surface area (TPSA) is 36.8 Å². The van der Waals surface area contributed by atoms with E-state index in [0.717, 1.165) is 0 Å². The first kappa shape index (κ1) is 10.0. The average molecular weight is 202 g/mol. The fourth-order valence-corrected chi connectivity index (χ4v) is 0.701. The monoisotopic (exact) mass is 201 g/mol. The Labute approximate surface area is 74.1 Å². The van der Waals surface area contributed by atoms with E-state index < -0.39 is 0 Å². The van der Waals surface area contributed by atoms with Crippen molar-refractivity contribution in [2.75, 3.05) is 13.1 Å². The van der Waals surface area contributed by atoms with Gasteiger partial charge in [-0.3, -0.25) is 4.99 Å². The standard InChI is InChI=1S/C4H6Cl3N3/c1-8-3(6)10-4(7)9-2-5/h2H2,1H3,(H,8,9,10). The minimum atomic E-state index is 0.0969. The maximum atomic E-state index is 5.44. The first-order chi connectivity index (χ1) is 4.70. The minimum absolute atomic E-state index is 0.0969. The SMILES string of the molecule is CN=C(Cl)NC(Cl)=NCCl. The van der Waals surface area contributed by atoms with Crippen LogP contribution in [0, 0.1) is 0 Å². The van der Waals surface area contributed by atoms with Gasteiger partial charge in [0.15, 0.2) is 10.6 Å². The van der Waals surface area contributed by atoms with Gasteiger partial charge in [0.05, 0.1) is 0 Å². The molecule has 0 rings (SSSR count). The average Bonchev–Trinajstić information content (AvgIpc) is 1.88. The molecule has 0 saturated heterocycles. The molecule has 0 unspecified atom stereocenters. The highest BCUT2D eigenvalue weighted by Crippen LogP contribution is 1.87. The van der Waals surface area contributed by atoms with Crippen molar-refractivity contribution in [2.45, 2.75) is 0 Å². The lowest BCUT2D eigenvalue weighted by molar-refractivity contribution is 1.28. The van der Waals surface area contributed by atoms with Gasteiger partial charge in [-0.25, -0.2) is 4.99 Å². The number of nitrogens with one attached hydrogen (secondary N) is 1. The largest absolute Gasteiger partial charge is 0.306 e. The van der Waals surface area contributed by atoms with Crippen LogP contribution >= 0.6 is 34.8 Å². The van der Waals surface area contributed by atoms with Crippen molar-refractivity contribution >= 4 is 45.4 Å². The highest BCUT2D eigenvalue weighted by atomic mass is 35.5. The summed E-state index contributed by atoms with van der Waals surface area (Å²) in [4.78, 5) is 7.16. The summed E-state index contributed by atoms with van der Waals surface area (Å²) in [6, 6.07) is 0.0969. The second kappa shape index (κ2) is 5.77. The summed E-state index contributed by atoms with van der Waals surface area (Å²) >= 11 is 16.1. The summed E-state index contributed by atoms with van der Waals surface area (Å²) in [6.45, 7) is 0. The van der Waals surface area contributed by atoms with Gasteiger partial charge in [-0.05, 0) is 23.2 Å². The number of nitrogens with zero attached hydrogens (tertiary/aromatic N) is 2. The lowest BCUT2D eigenvalue weighted by atomic mass is 11.0. The van der Waals surface area contributed by atoms with Gasteiger partial charge in [-0.2, -0.15) is 0 Å². The second-order valence-corrected chi connectivity index (χ2v) is 2.16. The Morgan fingerprint density at radius 2 is 2.00 bits per heavy atom. The number of halogens is 3. The molecule has 0 aromatic carbocycles. The molecule has 3 nitrogen and oxygen atoms in total. The molecule has 0 heterocycles. The zero-order valence-corrected chi connectivity index (χ0v) is 7.50. The molecule has 0 atom stereocenters. The Bertz CT molecular complexity index is 154. The van der Waals surface area contributed by atoms with Crippen LogP contribution in [-0.2, 0) is 0 Å². The Morgan fingerprint density at radius 1 is 1.40 bits per heavy atom. The highest BCUT2D eigenvalue weighted by Gasteiger charge is 1.93. The molecule has 0 aliphatic rings. The molecule has 0 bridgehead atoms. The number of amidine groups is 2. The molecule has 6 heteroatoms. The number of hydrogen-bond donors (Lipinski definition) is 1. The molecule has 0 aliphatic heterocycles. The predicted octanol–water partition coefficient (Wildman–Crippen LogP) is 1.59. The molecule has 58 valence electrons. The fraction of sp³-hybridized carbons (Fsp3) is 0.500. The van der Waals surface area contributed by atoms with E-state index in [-0.39, 0.29) is 16.6 Å². The van der Waals surface area contributed by atoms with E-state index in [1.165, 1.54) is 7.05 Å². The van der Waals surface area contributed by atoms with Gasteiger partial charge in [-0.1, -0.05) is 0 Å². The lowest BCUT2D eigenvalue weighted by Gasteiger charge is -1.97. The maximum Gasteiger partial charge on any atom is 0.198 e. The molecule has 0 radical (unpaired) electrons. The van der Waals surface area contributed by atoms with Gasteiger partial charge in [0, 0.05) is 7.05 Å². The smallest absolute Gasteiger partial charge is 0.198 e. The molecule has 0 amide bonds. The molecule has 0 aliphatic carbocycles. The third kappa shape index (κ3) is 4.85. The minimum Gasteiger partial charge on any atom is -0.306 e. The Balaban J connectivity index is 3.79. The molecule has 0 aromatic heterocycles. The van der Waals surface area contributed by atoms with Crippen LogP contribution in [0.15, 0.2) is 9.98 Å². The van der Waals surface area contributed by atoms with Gasteiger partial charge < -0.3 is 5.32 Å². The fourth-order valence-electron chi connectivity index (χ4n) is 0.233. The summed E-state index contributed by atoms with van der Waals surface area (Å²) in [7, 11) is 1.53. The highest BCUT2D eigenvalue weighted by molar-refractivity contribution is 6.73. The summed E-state index contributed by atoms with van der Waals surface area (Å²) in [6.07, 6.45) is 0. The molecular formula is C4H6Cl3N3. The summed E-state index contributed by atoms with van der Waals surface area (Å²) in [5, 5.41) is 2.79. The van der Waals surface area contributed by atoms with Crippen molar-refractivity contribution < 1.29 is 0 Å². The molecule has 1 N–H and O–H groups in total. The van der Waals surface area contributed by atoms with E-state index in [1.54, 1.807) is 0 Å².